The molecule has 0 saturated carbocycles. The van der Waals surface area contributed by atoms with Crippen molar-refractivity contribution < 1.29 is 14.3 Å². The van der Waals surface area contributed by atoms with Crippen LogP contribution in [-0.2, 0) is 14.3 Å². The number of rotatable bonds is 3. The number of carbonyl (C=O) groups is 2. The number of hydrogen-bond acceptors (Lipinski definition) is 4. The van der Waals surface area contributed by atoms with E-state index in [1.165, 1.54) is 6.08 Å². The highest BCUT2D eigenvalue weighted by Gasteiger charge is 2.29. The summed E-state index contributed by atoms with van der Waals surface area (Å²) < 4.78 is 4.80. The largest absolute Gasteiger partial charge is 0.408 e. The van der Waals surface area contributed by atoms with Crippen LogP contribution in [0.5, 0.6) is 0 Å². The molecule has 0 bridgehead atoms. The first kappa shape index (κ1) is 9.77. The standard InChI is InChI=1S/C9H13NO3/c1-6(2)5-7-9(12)13-8(10-7)3-4-11/h3-4,6-7,10H,5H2,1-2H3/b8-3+. The van der Waals surface area contributed by atoms with Crippen LogP contribution in [0, 0.1) is 5.92 Å². The first-order valence-corrected chi connectivity index (χ1v) is 4.27. The van der Waals surface area contributed by atoms with Crippen LogP contribution < -0.4 is 5.32 Å². The molecule has 1 fully saturated rings. The number of nitrogens with one attached hydrogen (secondary N) is 1. The Morgan fingerprint density at radius 1 is 1.62 bits per heavy atom. The summed E-state index contributed by atoms with van der Waals surface area (Å²) in [4.78, 5) is 21.2. The van der Waals surface area contributed by atoms with Gasteiger partial charge < -0.3 is 10.1 Å². The van der Waals surface area contributed by atoms with Crippen molar-refractivity contribution in [1.82, 2.24) is 5.32 Å². The van der Waals surface area contributed by atoms with Gasteiger partial charge >= 0.3 is 5.97 Å². The molecule has 1 N–H and O–H groups in total. The van der Waals surface area contributed by atoms with Crippen molar-refractivity contribution in [1.29, 1.82) is 0 Å². The summed E-state index contributed by atoms with van der Waals surface area (Å²) in [6.07, 6.45) is 2.51. The van der Waals surface area contributed by atoms with Gasteiger partial charge in [0, 0.05) is 6.08 Å². The van der Waals surface area contributed by atoms with Gasteiger partial charge in [0.25, 0.3) is 0 Å². The van der Waals surface area contributed by atoms with Crippen LogP contribution >= 0.6 is 0 Å². The van der Waals surface area contributed by atoms with E-state index in [-0.39, 0.29) is 17.9 Å². The SMILES string of the molecule is CC(C)CC1N/C(=C\C=O)OC1=O. The topological polar surface area (TPSA) is 55.4 Å². The Kier molecular flexibility index (Phi) is 3.06. The van der Waals surface area contributed by atoms with Gasteiger partial charge in [-0.3, -0.25) is 4.79 Å². The predicted octanol–water partition coefficient (Wildman–Crippen LogP) is 0.588. The van der Waals surface area contributed by atoms with E-state index in [4.69, 9.17) is 4.74 Å². The second kappa shape index (κ2) is 4.07. The van der Waals surface area contributed by atoms with Crippen molar-refractivity contribution in [2.45, 2.75) is 26.3 Å². The smallest absolute Gasteiger partial charge is 0.335 e. The Balaban J connectivity index is 2.56. The molecule has 4 nitrogen and oxygen atoms in total. The number of allylic oxidation sites excluding steroid dienone is 1. The molecule has 0 amide bonds. The van der Waals surface area contributed by atoms with Gasteiger partial charge in [0.1, 0.15) is 12.3 Å². The minimum atomic E-state index is -0.304. The number of hydrogen-bond donors (Lipinski definition) is 1. The second-order valence-electron chi connectivity index (χ2n) is 3.41. The summed E-state index contributed by atoms with van der Waals surface area (Å²) in [5.74, 6) is 0.369. The number of esters is 1. The molecule has 0 aromatic carbocycles. The minimum absolute atomic E-state index is 0.255. The zero-order chi connectivity index (χ0) is 9.84. The van der Waals surface area contributed by atoms with Crippen molar-refractivity contribution >= 4 is 12.3 Å². The normalized spacial score (nSPS) is 24.7. The summed E-state index contributed by atoms with van der Waals surface area (Å²) >= 11 is 0. The van der Waals surface area contributed by atoms with Gasteiger partial charge in [-0.15, -0.1) is 0 Å². The lowest BCUT2D eigenvalue weighted by Gasteiger charge is -2.08. The summed E-state index contributed by atoms with van der Waals surface area (Å²) in [7, 11) is 0. The Hall–Kier alpha value is -1.32. The third-order valence-corrected chi connectivity index (χ3v) is 1.74. The molecule has 0 spiro atoms. The van der Waals surface area contributed by atoms with Gasteiger partial charge in [0.15, 0.2) is 0 Å². The molecule has 1 saturated heterocycles. The van der Waals surface area contributed by atoms with Crippen LogP contribution in [0.25, 0.3) is 0 Å². The van der Waals surface area contributed by atoms with E-state index in [1.807, 2.05) is 13.8 Å². The zero-order valence-corrected chi connectivity index (χ0v) is 7.74. The average Bonchev–Trinajstić information content (AvgIpc) is 2.31. The van der Waals surface area contributed by atoms with Crippen molar-refractivity contribution in [2.24, 2.45) is 5.92 Å². The van der Waals surface area contributed by atoms with Crippen LogP contribution in [0.4, 0.5) is 0 Å². The summed E-state index contributed by atoms with van der Waals surface area (Å²) in [5.41, 5.74) is 0. The van der Waals surface area contributed by atoms with Crippen molar-refractivity contribution in [3.63, 3.8) is 0 Å². The third-order valence-electron chi connectivity index (χ3n) is 1.74. The van der Waals surface area contributed by atoms with E-state index < -0.39 is 0 Å². The van der Waals surface area contributed by atoms with Crippen LogP contribution in [0.1, 0.15) is 20.3 Å². The fourth-order valence-electron chi connectivity index (χ4n) is 1.21. The highest BCUT2D eigenvalue weighted by Crippen LogP contribution is 2.14. The minimum Gasteiger partial charge on any atom is -0.408 e. The molecule has 1 unspecified atom stereocenters. The van der Waals surface area contributed by atoms with E-state index in [9.17, 15) is 9.59 Å². The van der Waals surface area contributed by atoms with Crippen LogP contribution in [0.2, 0.25) is 0 Å². The van der Waals surface area contributed by atoms with Crippen LogP contribution in [-0.4, -0.2) is 18.3 Å². The van der Waals surface area contributed by atoms with Crippen LogP contribution in [0.15, 0.2) is 12.0 Å². The van der Waals surface area contributed by atoms with Gasteiger partial charge in [-0.2, -0.15) is 0 Å². The van der Waals surface area contributed by atoms with Crippen molar-refractivity contribution in [3.05, 3.63) is 12.0 Å². The second-order valence-corrected chi connectivity index (χ2v) is 3.41. The maximum Gasteiger partial charge on any atom is 0.335 e. The molecule has 0 aromatic rings. The van der Waals surface area contributed by atoms with Crippen molar-refractivity contribution in [2.75, 3.05) is 0 Å². The monoisotopic (exact) mass is 183 g/mol. The molecule has 1 aliphatic heterocycles. The Bertz CT molecular complexity index is 245. The van der Waals surface area contributed by atoms with Crippen LogP contribution in [0.3, 0.4) is 0 Å². The van der Waals surface area contributed by atoms with E-state index in [0.717, 1.165) is 6.42 Å². The predicted molar refractivity (Wildman–Crippen MR) is 46.6 cm³/mol. The fraction of sp³-hybridized carbons (Fsp3) is 0.556. The maximum atomic E-state index is 11.2. The lowest BCUT2D eigenvalue weighted by Crippen LogP contribution is -2.28. The number of cyclic esters (lactones) is 1. The highest BCUT2D eigenvalue weighted by molar-refractivity contribution is 5.80. The average molecular weight is 183 g/mol. The Morgan fingerprint density at radius 2 is 2.31 bits per heavy atom. The fourth-order valence-corrected chi connectivity index (χ4v) is 1.21. The molecule has 1 atom stereocenters. The molecule has 1 heterocycles. The van der Waals surface area contributed by atoms with E-state index in [0.29, 0.717) is 12.2 Å². The quantitative estimate of drug-likeness (QED) is 0.395. The summed E-state index contributed by atoms with van der Waals surface area (Å²) in [5, 5.41) is 2.83. The lowest BCUT2D eigenvalue weighted by molar-refractivity contribution is -0.137. The maximum absolute atomic E-state index is 11.2. The molecule has 1 rings (SSSR count). The summed E-state index contributed by atoms with van der Waals surface area (Å²) in [6.45, 7) is 4.05. The zero-order valence-electron chi connectivity index (χ0n) is 7.74. The molecule has 0 aliphatic carbocycles. The van der Waals surface area contributed by atoms with Gasteiger partial charge in [-0.25, -0.2) is 4.79 Å². The van der Waals surface area contributed by atoms with E-state index in [2.05, 4.69) is 5.32 Å². The lowest BCUT2D eigenvalue weighted by atomic mass is 10.0. The number of aldehydes is 1. The Morgan fingerprint density at radius 3 is 2.85 bits per heavy atom. The van der Waals surface area contributed by atoms with E-state index >= 15 is 0 Å². The van der Waals surface area contributed by atoms with Gasteiger partial charge in [-0.1, -0.05) is 13.8 Å². The van der Waals surface area contributed by atoms with E-state index in [1.54, 1.807) is 0 Å². The molecular formula is C9H13NO3. The van der Waals surface area contributed by atoms with Gasteiger partial charge in [0.05, 0.1) is 0 Å². The molecule has 0 aromatic heterocycles. The molecular weight excluding hydrogens is 170 g/mol. The molecule has 13 heavy (non-hydrogen) atoms. The molecule has 1 aliphatic rings. The first-order valence-electron chi connectivity index (χ1n) is 4.27. The number of carbonyl (C=O) groups excluding carboxylic acids is 2. The summed E-state index contributed by atoms with van der Waals surface area (Å²) in [6, 6.07) is -0.300. The molecule has 4 heteroatoms. The third kappa shape index (κ3) is 2.57. The highest BCUT2D eigenvalue weighted by atomic mass is 16.6. The molecule has 72 valence electrons. The molecule has 0 radical (unpaired) electrons. The number of ether oxygens (including phenoxy) is 1. The van der Waals surface area contributed by atoms with Gasteiger partial charge in [-0.05, 0) is 12.3 Å². The van der Waals surface area contributed by atoms with Crippen molar-refractivity contribution in [3.8, 4) is 0 Å². The Labute approximate surface area is 76.9 Å². The van der Waals surface area contributed by atoms with Gasteiger partial charge in [0.2, 0.25) is 5.88 Å². The first-order chi connectivity index (χ1) is 6.13.